The summed E-state index contributed by atoms with van der Waals surface area (Å²) in [5, 5.41) is 0. The molecule has 0 atom stereocenters. The van der Waals surface area contributed by atoms with Crippen LogP contribution in [0.15, 0.2) is 84.1 Å². The van der Waals surface area contributed by atoms with E-state index in [1.165, 1.54) is 11.3 Å². The van der Waals surface area contributed by atoms with Gasteiger partial charge < -0.3 is 13.7 Å². The lowest BCUT2D eigenvalue weighted by atomic mass is 10.2. The Bertz CT molecular complexity index is 1410. The first-order valence-electron chi connectivity index (χ1n) is 9.47. The second kappa shape index (κ2) is 7.61. The Hall–Kier alpha value is -3.71. The number of thiazole rings is 1. The Balaban J connectivity index is 1.43. The molecular weight excluding hydrogens is 396 g/mol. The smallest absolute Gasteiger partial charge is 0.283 e. The minimum Gasteiger partial charge on any atom is -0.486 e. The van der Waals surface area contributed by atoms with E-state index in [4.69, 9.17) is 4.74 Å². The van der Waals surface area contributed by atoms with Crippen molar-refractivity contribution >= 4 is 33.1 Å². The number of imidazole rings is 1. The van der Waals surface area contributed by atoms with Crippen molar-refractivity contribution in [3.05, 3.63) is 95.2 Å². The number of benzene rings is 2. The van der Waals surface area contributed by atoms with Crippen molar-refractivity contribution in [2.24, 2.45) is 12.0 Å². The van der Waals surface area contributed by atoms with Gasteiger partial charge in [0, 0.05) is 19.4 Å². The fraction of sp³-hybridized carbons (Fsp3) is 0.0870. The highest BCUT2D eigenvalue weighted by atomic mass is 32.1. The molecule has 5 rings (SSSR count). The third-order valence-electron chi connectivity index (χ3n) is 4.82. The standard InChI is InChI=1S/C23H18N4O2S/c1-26-18-9-3-5-11-20(18)30-23(26)25-22(28)17-8-2-4-10-19(17)29-15-16-14-27-13-7-6-12-21(27)24-16/h2-14H,15H2,1H3. The first kappa shape index (κ1) is 18.3. The summed E-state index contributed by atoms with van der Waals surface area (Å²) in [5.74, 6) is 0.162. The van der Waals surface area contributed by atoms with Crippen LogP contribution in [-0.4, -0.2) is 19.9 Å². The Morgan fingerprint density at radius 2 is 1.87 bits per heavy atom. The number of hydrogen-bond donors (Lipinski definition) is 0. The van der Waals surface area contributed by atoms with Crippen molar-refractivity contribution in [1.82, 2.24) is 14.0 Å². The third-order valence-corrected chi connectivity index (χ3v) is 5.93. The van der Waals surface area contributed by atoms with E-state index >= 15 is 0 Å². The molecule has 3 heterocycles. The first-order valence-corrected chi connectivity index (χ1v) is 10.3. The molecule has 0 radical (unpaired) electrons. The van der Waals surface area contributed by atoms with Gasteiger partial charge in [0.15, 0.2) is 4.80 Å². The molecule has 0 saturated heterocycles. The van der Waals surface area contributed by atoms with Gasteiger partial charge in [0.25, 0.3) is 5.91 Å². The van der Waals surface area contributed by atoms with Crippen molar-refractivity contribution in [3.63, 3.8) is 0 Å². The van der Waals surface area contributed by atoms with Crippen LogP contribution in [0.1, 0.15) is 16.1 Å². The van der Waals surface area contributed by atoms with E-state index in [1.807, 2.05) is 83.0 Å². The van der Waals surface area contributed by atoms with Gasteiger partial charge >= 0.3 is 0 Å². The van der Waals surface area contributed by atoms with Crippen LogP contribution in [0.5, 0.6) is 5.75 Å². The van der Waals surface area contributed by atoms with Gasteiger partial charge in [-0.2, -0.15) is 4.99 Å². The molecule has 148 valence electrons. The van der Waals surface area contributed by atoms with Crippen LogP contribution < -0.4 is 9.54 Å². The van der Waals surface area contributed by atoms with E-state index in [0.717, 1.165) is 21.6 Å². The van der Waals surface area contributed by atoms with Gasteiger partial charge in [-0.25, -0.2) is 4.98 Å². The predicted octanol–water partition coefficient (Wildman–Crippen LogP) is 4.21. The molecule has 0 aliphatic heterocycles. The summed E-state index contributed by atoms with van der Waals surface area (Å²) < 4.78 is 10.9. The lowest BCUT2D eigenvalue weighted by Gasteiger charge is -2.07. The van der Waals surface area contributed by atoms with Crippen LogP contribution in [0.3, 0.4) is 0 Å². The van der Waals surface area contributed by atoms with Gasteiger partial charge in [0.1, 0.15) is 18.0 Å². The highest BCUT2D eigenvalue weighted by Gasteiger charge is 2.13. The van der Waals surface area contributed by atoms with Crippen molar-refractivity contribution in [2.75, 3.05) is 0 Å². The zero-order chi connectivity index (χ0) is 20.5. The molecule has 2 aromatic carbocycles. The molecule has 0 saturated carbocycles. The number of pyridine rings is 1. The average molecular weight is 414 g/mol. The number of carbonyl (C=O) groups excluding carboxylic acids is 1. The maximum atomic E-state index is 12.9. The normalized spacial score (nSPS) is 12.0. The average Bonchev–Trinajstić information content (AvgIpc) is 3.33. The zero-order valence-electron chi connectivity index (χ0n) is 16.2. The Labute approximate surface area is 176 Å². The molecule has 3 aromatic heterocycles. The summed E-state index contributed by atoms with van der Waals surface area (Å²) in [4.78, 5) is 22.5. The summed E-state index contributed by atoms with van der Waals surface area (Å²) in [6.45, 7) is 0.267. The van der Waals surface area contributed by atoms with Crippen LogP contribution in [-0.2, 0) is 13.7 Å². The zero-order valence-corrected chi connectivity index (χ0v) is 17.0. The summed E-state index contributed by atoms with van der Waals surface area (Å²) >= 11 is 1.49. The Morgan fingerprint density at radius 3 is 2.73 bits per heavy atom. The van der Waals surface area contributed by atoms with Gasteiger partial charge in [-0.3, -0.25) is 4.79 Å². The molecule has 30 heavy (non-hydrogen) atoms. The van der Waals surface area contributed by atoms with E-state index in [1.54, 1.807) is 12.1 Å². The van der Waals surface area contributed by atoms with Crippen molar-refractivity contribution in [3.8, 4) is 5.75 Å². The number of aromatic nitrogens is 3. The molecule has 7 heteroatoms. The van der Waals surface area contributed by atoms with E-state index < -0.39 is 0 Å². The molecule has 0 unspecified atom stereocenters. The fourth-order valence-electron chi connectivity index (χ4n) is 3.31. The van der Waals surface area contributed by atoms with Crippen LogP contribution in [0.4, 0.5) is 0 Å². The van der Waals surface area contributed by atoms with Gasteiger partial charge in [0.2, 0.25) is 0 Å². The van der Waals surface area contributed by atoms with Gasteiger partial charge in [0.05, 0.1) is 21.5 Å². The van der Waals surface area contributed by atoms with E-state index in [0.29, 0.717) is 16.1 Å². The molecule has 1 amide bonds. The highest BCUT2D eigenvalue weighted by Crippen LogP contribution is 2.21. The minimum atomic E-state index is -0.331. The van der Waals surface area contributed by atoms with Crippen molar-refractivity contribution in [1.29, 1.82) is 0 Å². The largest absolute Gasteiger partial charge is 0.486 e. The summed E-state index contributed by atoms with van der Waals surface area (Å²) in [6, 6.07) is 21.0. The quantitative estimate of drug-likeness (QED) is 0.443. The van der Waals surface area contributed by atoms with Crippen molar-refractivity contribution < 1.29 is 9.53 Å². The van der Waals surface area contributed by atoms with Crippen LogP contribution in [0, 0.1) is 0 Å². The molecular formula is C23H18N4O2S. The molecule has 0 N–H and O–H groups in total. The number of nitrogens with zero attached hydrogens (tertiary/aromatic N) is 4. The van der Waals surface area contributed by atoms with Gasteiger partial charge in [-0.05, 0) is 36.4 Å². The maximum Gasteiger partial charge on any atom is 0.283 e. The number of para-hydroxylation sites is 2. The molecule has 0 aliphatic carbocycles. The number of fused-ring (bicyclic) bond motifs is 2. The SMILES string of the molecule is Cn1c(=NC(=O)c2ccccc2OCc2cn3ccccc3n2)sc2ccccc21. The second-order valence-electron chi connectivity index (χ2n) is 6.81. The van der Waals surface area contributed by atoms with Crippen LogP contribution in [0.25, 0.3) is 15.9 Å². The molecule has 0 aliphatic rings. The Kier molecular flexibility index (Phi) is 4.65. The number of ether oxygens (including phenoxy) is 1. The summed E-state index contributed by atoms with van der Waals surface area (Å²) in [6.07, 6.45) is 3.86. The minimum absolute atomic E-state index is 0.267. The topological polar surface area (TPSA) is 60.9 Å². The first-order chi connectivity index (χ1) is 14.7. The second-order valence-corrected chi connectivity index (χ2v) is 7.82. The van der Waals surface area contributed by atoms with Crippen LogP contribution >= 0.6 is 11.3 Å². The van der Waals surface area contributed by atoms with Crippen molar-refractivity contribution in [2.45, 2.75) is 6.61 Å². The molecule has 6 nitrogen and oxygen atoms in total. The number of rotatable bonds is 4. The summed E-state index contributed by atoms with van der Waals surface area (Å²) in [7, 11) is 1.91. The predicted molar refractivity (Wildman–Crippen MR) is 117 cm³/mol. The lowest BCUT2D eigenvalue weighted by Crippen LogP contribution is -2.13. The maximum absolute atomic E-state index is 12.9. The molecule has 0 bridgehead atoms. The number of amides is 1. The molecule has 5 aromatic rings. The number of hydrogen-bond acceptors (Lipinski definition) is 4. The Morgan fingerprint density at radius 1 is 1.07 bits per heavy atom. The lowest BCUT2D eigenvalue weighted by molar-refractivity contribution is 0.0993. The van der Waals surface area contributed by atoms with E-state index in [9.17, 15) is 4.79 Å². The fourth-order valence-corrected chi connectivity index (χ4v) is 4.33. The third kappa shape index (κ3) is 3.40. The summed E-state index contributed by atoms with van der Waals surface area (Å²) in [5.41, 5.74) is 3.12. The van der Waals surface area contributed by atoms with Gasteiger partial charge in [-0.1, -0.05) is 41.7 Å². The monoisotopic (exact) mass is 414 g/mol. The number of carbonyl (C=O) groups is 1. The molecule has 0 fully saturated rings. The van der Waals surface area contributed by atoms with E-state index in [2.05, 4.69) is 9.98 Å². The number of aryl methyl sites for hydroxylation is 1. The molecule has 0 spiro atoms. The van der Waals surface area contributed by atoms with E-state index in [-0.39, 0.29) is 12.5 Å². The van der Waals surface area contributed by atoms with Gasteiger partial charge in [-0.15, -0.1) is 0 Å². The van der Waals surface area contributed by atoms with Crippen LogP contribution in [0.2, 0.25) is 0 Å². The highest BCUT2D eigenvalue weighted by molar-refractivity contribution is 7.16.